The van der Waals surface area contributed by atoms with Crippen molar-refractivity contribution in [3.8, 4) is 0 Å². The molecule has 7 nitrogen and oxygen atoms in total. The Morgan fingerprint density at radius 3 is 2.52 bits per heavy atom. The van der Waals surface area contributed by atoms with Crippen molar-refractivity contribution in [1.29, 1.82) is 0 Å². The zero-order valence-electron chi connectivity index (χ0n) is 10.7. The topological polar surface area (TPSA) is 110 Å². The maximum absolute atomic E-state index is 13.7. The molecule has 0 bridgehead atoms. The second kappa shape index (κ2) is 5.97. The Bertz CT molecular complexity index is 706. The van der Waals surface area contributed by atoms with Crippen molar-refractivity contribution in [2.45, 2.75) is 0 Å². The van der Waals surface area contributed by atoms with Gasteiger partial charge in [-0.05, 0) is 18.2 Å². The van der Waals surface area contributed by atoms with Gasteiger partial charge in [0.25, 0.3) is 11.6 Å². The van der Waals surface area contributed by atoms with Crippen LogP contribution in [0.15, 0.2) is 42.5 Å². The van der Waals surface area contributed by atoms with Crippen molar-refractivity contribution in [3.05, 3.63) is 64.0 Å². The van der Waals surface area contributed by atoms with E-state index in [0.29, 0.717) is 5.69 Å². The van der Waals surface area contributed by atoms with E-state index in [1.165, 1.54) is 6.07 Å². The smallest absolute Gasteiger partial charge is 0.272 e. The number of nitrogen functional groups attached to an aromatic ring is 1. The van der Waals surface area contributed by atoms with Crippen LogP contribution in [0.5, 0.6) is 0 Å². The van der Waals surface area contributed by atoms with Crippen molar-refractivity contribution < 1.29 is 14.1 Å². The van der Waals surface area contributed by atoms with Gasteiger partial charge in [0.2, 0.25) is 0 Å². The highest BCUT2D eigenvalue weighted by atomic mass is 19.1. The molecule has 0 heterocycles. The molecular weight excluding hydrogens is 279 g/mol. The lowest BCUT2D eigenvalue weighted by molar-refractivity contribution is -0.385. The number of benzene rings is 2. The van der Waals surface area contributed by atoms with E-state index in [9.17, 15) is 19.3 Å². The normalized spacial score (nSPS) is 10.0. The first-order valence-electron chi connectivity index (χ1n) is 5.84. The van der Waals surface area contributed by atoms with Gasteiger partial charge < -0.3 is 10.7 Å². The molecule has 0 saturated carbocycles. The number of hydrazine groups is 1. The van der Waals surface area contributed by atoms with Crippen molar-refractivity contribution in [1.82, 2.24) is 0 Å². The third-order valence-corrected chi connectivity index (χ3v) is 2.74. The first-order chi connectivity index (χ1) is 10.0. The molecule has 2 aromatic carbocycles. The van der Waals surface area contributed by atoms with Crippen LogP contribution in [0.3, 0.4) is 0 Å². The fraction of sp³-hybridized carbons (Fsp3) is 0. The molecule has 0 atom stereocenters. The van der Waals surface area contributed by atoms with Crippen molar-refractivity contribution >= 4 is 23.0 Å². The number of nitro groups is 1. The summed E-state index contributed by atoms with van der Waals surface area (Å²) in [5, 5.41) is 12.9. The van der Waals surface area contributed by atoms with E-state index < -0.39 is 22.3 Å². The number of nitrogens with zero attached hydrogens (tertiary/aromatic N) is 1. The number of hydrogen-bond acceptors (Lipinski definition) is 5. The number of rotatable bonds is 4. The number of non-ortho nitro benzene ring substituents is 1. The number of hydrogen-bond donors (Lipinski definition) is 3. The molecule has 0 aromatic heterocycles. The molecule has 108 valence electrons. The lowest BCUT2D eigenvalue weighted by Gasteiger charge is -2.10. The monoisotopic (exact) mass is 290 g/mol. The largest absolute Gasteiger partial charge is 0.323 e. The molecule has 8 heteroatoms. The molecule has 0 saturated heterocycles. The van der Waals surface area contributed by atoms with Crippen LogP contribution in [0.2, 0.25) is 0 Å². The van der Waals surface area contributed by atoms with Gasteiger partial charge in [0.1, 0.15) is 0 Å². The highest BCUT2D eigenvalue weighted by Crippen LogP contribution is 2.22. The number of nitrogens with one attached hydrogen (secondary N) is 2. The number of para-hydroxylation sites is 1. The predicted molar refractivity (Wildman–Crippen MR) is 75.3 cm³/mol. The third-order valence-electron chi connectivity index (χ3n) is 2.74. The van der Waals surface area contributed by atoms with Crippen LogP contribution >= 0.6 is 0 Å². The molecule has 2 aromatic rings. The second-order valence-corrected chi connectivity index (χ2v) is 4.07. The first kappa shape index (κ1) is 14.4. The molecule has 0 aliphatic rings. The lowest BCUT2D eigenvalue weighted by atomic mass is 10.1. The number of nitro benzene ring substituents is 1. The van der Waals surface area contributed by atoms with Crippen LogP contribution in [0.4, 0.5) is 21.5 Å². The van der Waals surface area contributed by atoms with Gasteiger partial charge in [-0.2, -0.15) is 0 Å². The number of anilines is 2. The summed E-state index contributed by atoms with van der Waals surface area (Å²) in [7, 11) is 0. The standard InChI is InChI=1S/C13H11FN4O3/c14-10-7-8(18(20)21)5-6-12(10)16-13(19)9-3-1-2-4-11(9)17-15/h1-7,17H,15H2,(H,16,19). The zero-order chi connectivity index (χ0) is 15.4. The van der Waals surface area contributed by atoms with E-state index in [2.05, 4.69) is 10.7 Å². The van der Waals surface area contributed by atoms with Crippen molar-refractivity contribution in [3.63, 3.8) is 0 Å². The van der Waals surface area contributed by atoms with Gasteiger partial charge in [0.15, 0.2) is 5.82 Å². The van der Waals surface area contributed by atoms with Gasteiger partial charge in [-0.25, -0.2) is 4.39 Å². The van der Waals surface area contributed by atoms with Gasteiger partial charge in [-0.1, -0.05) is 12.1 Å². The molecule has 21 heavy (non-hydrogen) atoms. The molecule has 0 aliphatic carbocycles. The van der Waals surface area contributed by atoms with Crippen LogP contribution in [0.1, 0.15) is 10.4 Å². The Hall–Kier alpha value is -3.00. The summed E-state index contributed by atoms with van der Waals surface area (Å²) in [6.07, 6.45) is 0. The fourth-order valence-corrected chi connectivity index (χ4v) is 1.72. The number of amides is 1. The zero-order valence-corrected chi connectivity index (χ0v) is 10.7. The molecule has 0 radical (unpaired) electrons. The van der Waals surface area contributed by atoms with Crippen LogP contribution in [0, 0.1) is 15.9 Å². The Kier molecular flexibility index (Phi) is 4.10. The summed E-state index contributed by atoms with van der Waals surface area (Å²) < 4.78 is 13.7. The molecule has 2 rings (SSSR count). The van der Waals surface area contributed by atoms with E-state index in [4.69, 9.17) is 5.84 Å². The molecule has 4 N–H and O–H groups in total. The average Bonchev–Trinajstić information content (AvgIpc) is 2.48. The lowest BCUT2D eigenvalue weighted by Crippen LogP contribution is -2.17. The van der Waals surface area contributed by atoms with E-state index in [1.54, 1.807) is 18.2 Å². The minimum Gasteiger partial charge on any atom is -0.323 e. The molecule has 0 unspecified atom stereocenters. The highest BCUT2D eigenvalue weighted by Gasteiger charge is 2.15. The molecule has 0 spiro atoms. The quantitative estimate of drug-likeness (QED) is 0.454. The van der Waals surface area contributed by atoms with Gasteiger partial charge >= 0.3 is 0 Å². The van der Waals surface area contributed by atoms with Crippen LogP contribution in [0.25, 0.3) is 0 Å². The van der Waals surface area contributed by atoms with Crippen LogP contribution in [-0.2, 0) is 0 Å². The minimum atomic E-state index is -0.893. The van der Waals surface area contributed by atoms with Gasteiger partial charge in [0, 0.05) is 6.07 Å². The SMILES string of the molecule is NNc1ccccc1C(=O)Nc1ccc([N+](=O)[O-])cc1F. The molecule has 1 amide bonds. The van der Waals surface area contributed by atoms with Gasteiger partial charge in [0.05, 0.1) is 27.9 Å². The minimum absolute atomic E-state index is 0.155. The third kappa shape index (κ3) is 3.12. The van der Waals surface area contributed by atoms with E-state index in [-0.39, 0.29) is 11.3 Å². The van der Waals surface area contributed by atoms with Crippen molar-refractivity contribution in [2.75, 3.05) is 10.7 Å². The Balaban J connectivity index is 2.26. The Morgan fingerprint density at radius 2 is 1.90 bits per heavy atom. The highest BCUT2D eigenvalue weighted by molar-refractivity contribution is 6.08. The van der Waals surface area contributed by atoms with Crippen LogP contribution < -0.4 is 16.6 Å². The summed E-state index contributed by atoms with van der Waals surface area (Å²) >= 11 is 0. The number of carbonyl (C=O) groups excluding carboxylic acids is 1. The Labute approximate surface area is 118 Å². The molecule has 0 aliphatic heterocycles. The maximum atomic E-state index is 13.7. The maximum Gasteiger partial charge on any atom is 0.272 e. The molecule has 0 fully saturated rings. The molecular formula is C13H11FN4O3. The first-order valence-corrected chi connectivity index (χ1v) is 5.84. The number of nitrogens with two attached hydrogens (primary N) is 1. The second-order valence-electron chi connectivity index (χ2n) is 4.07. The van der Waals surface area contributed by atoms with Crippen LogP contribution in [-0.4, -0.2) is 10.8 Å². The summed E-state index contributed by atoms with van der Waals surface area (Å²) in [5.41, 5.74) is 2.40. The van der Waals surface area contributed by atoms with Crippen molar-refractivity contribution in [2.24, 2.45) is 5.84 Å². The van der Waals surface area contributed by atoms with E-state index in [0.717, 1.165) is 18.2 Å². The summed E-state index contributed by atoms with van der Waals surface area (Å²) in [4.78, 5) is 21.9. The Morgan fingerprint density at radius 1 is 1.19 bits per heavy atom. The summed E-state index contributed by atoms with van der Waals surface area (Å²) in [6.45, 7) is 0. The van der Waals surface area contributed by atoms with E-state index in [1.807, 2.05) is 0 Å². The summed E-state index contributed by atoms with van der Waals surface area (Å²) in [6, 6.07) is 9.37. The van der Waals surface area contributed by atoms with E-state index >= 15 is 0 Å². The average molecular weight is 290 g/mol. The van der Waals surface area contributed by atoms with Gasteiger partial charge in [-0.15, -0.1) is 0 Å². The van der Waals surface area contributed by atoms with Gasteiger partial charge in [-0.3, -0.25) is 20.8 Å². The predicted octanol–water partition coefficient (Wildman–Crippen LogP) is 2.27. The number of halogens is 1. The fourth-order valence-electron chi connectivity index (χ4n) is 1.72. The number of carbonyl (C=O) groups is 1. The summed E-state index contributed by atoms with van der Waals surface area (Å²) in [5.74, 6) is 3.81.